The number of nitrogens with zero attached hydrogens (tertiary/aromatic N) is 4. The van der Waals surface area contributed by atoms with Gasteiger partial charge in [0.2, 0.25) is 5.91 Å². The van der Waals surface area contributed by atoms with Gasteiger partial charge in [0.1, 0.15) is 17.9 Å². The molecule has 1 aliphatic heterocycles. The monoisotopic (exact) mass is 463 g/mol. The lowest BCUT2D eigenvalue weighted by molar-refractivity contribution is -0.122. The normalized spacial score (nSPS) is 14.6. The van der Waals surface area contributed by atoms with E-state index in [2.05, 4.69) is 15.3 Å². The molecule has 0 radical (unpaired) electrons. The molecule has 1 N–H and O–H groups in total. The van der Waals surface area contributed by atoms with E-state index in [4.69, 9.17) is 4.74 Å². The number of carbonyl (C=O) groups excluding carboxylic acids is 1. The van der Waals surface area contributed by atoms with Gasteiger partial charge in [-0.3, -0.25) is 14.5 Å². The van der Waals surface area contributed by atoms with Gasteiger partial charge in [0.25, 0.3) is 5.56 Å². The SMILES string of the molecule is O=C(Cn1ncc2c3ccccc3n(Cc3ccc(F)cc3)c2c1=O)NCCN1CCOCC1. The summed E-state index contributed by atoms with van der Waals surface area (Å²) < 4.78 is 21.8. The third kappa shape index (κ3) is 4.57. The Balaban J connectivity index is 1.41. The van der Waals surface area contributed by atoms with Crippen molar-refractivity contribution in [1.82, 2.24) is 24.6 Å². The molecule has 34 heavy (non-hydrogen) atoms. The van der Waals surface area contributed by atoms with Gasteiger partial charge in [0, 0.05) is 49.0 Å². The van der Waals surface area contributed by atoms with Gasteiger partial charge >= 0.3 is 0 Å². The van der Waals surface area contributed by atoms with Gasteiger partial charge in [0.15, 0.2) is 0 Å². The molecule has 5 rings (SSSR count). The molecule has 1 amide bonds. The fourth-order valence-corrected chi connectivity index (χ4v) is 4.41. The van der Waals surface area contributed by atoms with Crippen molar-refractivity contribution in [3.05, 3.63) is 76.5 Å². The van der Waals surface area contributed by atoms with Crippen molar-refractivity contribution in [3.8, 4) is 0 Å². The zero-order valence-electron chi connectivity index (χ0n) is 18.7. The number of fused-ring (bicyclic) bond motifs is 3. The molecular weight excluding hydrogens is 437 g/mol. The second kappa shape index (κ2) is 9.74. The first-order valence-corrected chi connectivity index (χ1v) is 11.4. The number of para-hydroxylation sites is 1. The van der Waals surface area contributed by atoms with E-state index >= 15 is 0 Å². The molecule has 0 saturated carbocycles. The summed E-state index contributed by atoms with van der Waals surface area (Å²) in [4.78, 5) is 28.2. The van der Waals surface area contributed by atoms with Crippen LogP contribution in [0.3, 0.4) is 0 Å². The summed E-state index contributed by atoms with van der Waals surface area (Å²) in [5, 5.41) is 8.79. The number of halogens is 1. The second-order valence-corrected chi connectivity index (χ2v) is 8.40. The Kier molecular flexibility index (Phi) is 6.37. The summed E-state index contributed by atoms with van der Waals surface area (Å²) >= 11 is 0. The molecule has 2 aromatic heterocycles. The summed E-state index contributed by atoms with van der Waals surface area (Å²) in [6.45, 7) is 4.60. The molecule has 4 aromatic rings. The van der Waals surface area contributed by atoms with Crippen LogP contribution in [0.2, 0.25) is 0 Å². The number of morpholine rings is 1. The van der Waals surface area contributed by atoms with Crippen LogP contribution in [0.25, 0.3) is 21.8 Å². The third-order valence-corrected chi connectivity index (χ3v) is 6.17. The summed E-state index contributed by atoms with van der Waals surface area (Å²) in [5.74, 6) is -0.569. The molecule has 1 aliphatic rings. The van der Waals surface area contributed by atoms with E-state index in [1.807, 2.05) is 28.8 Å². The van der Waals surface area contributed by atoms with Crippen molar-refractivity contribution in [1.29, 1.82) is 0 Å². The van der Waals surface area contributed by atoms with Crippen LogP contribution in [0, 0.1) is 5.82 Å². The average molecular weight is 464 g/mol. The number of aromatic nitrogens is 3. The summed E-state index contributed by atoms with van der Waals surface area (Å²) in [5.41, 5.74) is 1.89. The Morgan fingerprint density at radius 3 is 2.62 bits per heavy atom. The lowest BCUT2D eigenvalue weighted by Crippen LogP contribution is -2.42. The number of benzene rings is 2. The first-order chi connectivity index (χ1) is 16.6. The Bertz CT molecular complexity index is 1370. The van der Waals surface area contributed by atoms with E-state index in [1.54, 1.807) is 18.3 Å². The van der Waals surface area contributed by atoms with Crippen LogP contribution in [0.5, 0.6) is 0 Å². The molecule has 0 bridgehead atoms. The van der Waals surface area contributed by atoms with E-state index in [1.165, 1.54) is 16.8 Å². The Labute approximate surface area is 195 Å². The highest BCUT2D eigenvalue weighted by atomic mass is 19.1. The van der Waals surface area contributed by atoms with Crippen LogP contribution < -0.4 is 10.9 Å². The molecule has 0 unspecified atom stereocenters. The predicted molar refractivity (Wildman–Crippen MR) is 127 cm³/mol. The van der Waals surface area contributed by atoms with E-state index in [0.717, 1.165) is 41.5 Å². The van der Waals surface area contributed by atoms with E-state index in [0.29, 0.717) is 31.8 Å². The largest absolute Gasteiger partial charge is 0.379 e. The number of nitrogens with one attached hydrogen (secondary N) is 1. The molecule has 9 heteroatoms. The number of ether oxygens (including phenoxy) is 1. The fourth-order valence-electron chi connectivity index (χ4n) is 4.41. The summed E-state index contributed by atoms with van der Waals surface area (Å²) in [7, 11) is 0. The van der Waals surface area contributed by atoms with Gasteiger partial charge < -0.3 is 14.6 Å². The molecule has 0 spiro atoms. The van der Waals surface area contributed by atoms with Crippen LogP contribution >= 0.6 is 0 Å². The molecule has 0 aliphatic carbocycles. The predicted octanol–water partition coefficient (Wildman–Crippen LogP) is 1.99. The highest BCUT2D eigenvalue weighted by Gasteiger charge is 2.17. The molecular formula is C25H26FN5O3. The van der Waals surface area contributed by atoms with Crippen molar-refractivity contribution < 1.29 is 13.9 Å². The van der Waals surface area contributed by atoms with Crippen LogP contribution in [0.15, 0.2) is 59.5 Å². The number of hydrogen-bond donors (Lipinski definition) is 1. The number of amides is 1. The minimum atomic E-state index is -0.334. The van der Waals surface area contributed by atoms with Crippen molar-refractivity contribution in [2.75, 3.05) is 39.4 Å². The standard InChI is InChI=1S/C25H26FN5O3/c26-19-7-5-18(6-8-19)16-30-22-4-2-1-3-20(22)21-15-28-31(25(33)24(21)30)17-23(32)27-9-10-29-11-13-34-14-12-29/h1-8,15H,9-14,16-17H2,(H,27,32). The summed E-state index contributed by atoms with van der Waals surface area (Å²) in [6, 6.07) is 13.9. The highest BCUT2D eigenvalue weighted by Crippen LogP contribution is 2.27. The third-order valence-electron chi connectivity index (χ3n) is 6.17. The number of rotatable bonds is 7. The molecule has 2 aromatic carbocycles. The Morgan fingerprint density at radius 2 is 1.82 bits per heavy atom. The average Bonchev–Trinajstić information content (AvgIpc) is 3.17. The van der Waals surface area contributed by atoms with Crippen molar-refractivity contribution >= 4 is 27.7 Å². The van der Waals surface area contributed by atoms with E-state index < -0.39 is 0 Å². The Hall–Kier alpha value is -3.56. The maximum Gasteiger partial charge on any atom is 0.291 e. The van der Waals surface area contributed by atoms with Crippen LogP contribution in [0.4, 0.5) is 4.39 Å². The lowest BCUT2D eigenvalue weighted by atomic mass is 10.2. The zero-order chi connectivity index (χ0) is 23.5. The quantitative estimate of drug-likeness (QED) is 0.453. The van der Waals surface area contributed by atoms with Crippen molar-refractivity contribution in [2.24, 2.45) is 0 Å². The van der Waals surface area contributed by atoms with Gasteiger partial charge in [-0.15, -0.1) is 0 Å². The topological polar surface area (TPSA) is 81.4 Å². The molecule has 176 valence electrons. The van der Waals surface area contributed by atoms with Gasteiger partial charge in [0.05, 0.1) is 19.4 Å². The number of hydrogen-bond acceptors (Lipinski definition) is 5. The molecule has 0 atom stereocenters. The first kappa shape index (κ1) is 22.2. The zero-order valence-corrected chi connectivity index (χ0v) is 18.7. The fraction of sp³-hybridized carbons (Fsp3) is 0.320. The molecule has 1 fully saturated rings. The second-order valence-electron chi connectivity index (χ2n) is 8.40. The van der Waals surface area contributed by atoms with Gasteiger partial charge in [-0.1, -0.05) is 30.3 Å². The minimum Gasteiger partial charge on any atom is -0.379 e. The maximum absolute atomic E-state index is 13.4. The van der Waals surface area contributed by atoms with Gasteiger partial charge in [-0.25, -0.2) is 9.07 Å². The van der Waals surface area contributed by atoms with Gasteiger partial charge in [-0.2, -0.15) is 5.10 Å². The van der Waals surface area contributed by atoms with Crippen LogP contribution in [-0.4, -0.2) is 64.5 Å². The maximum atomic E-state index is 13.4. The van der Waals surface area contributed by atoms with Crippen LogP contribution in [-0.2, 0) is 22.6 Å². The Morgan fingerprint density at radius 1 is 1.06 bits per heavy atom. The number of carbonyl (C=O) groups is 1. The minimum absolute atomic E-state index is 0.157. The molecule has 3 heterocycles. The van der Waals surface area contributed by atoms with E-state index in [9.17, 15) is 14.0 Å². The van der Waals surface area contributed by atoms with Gasteiger partial charge in [-0.05, 0) is 23.8 Å². The van der Waals surface area contributed by atoms with Crippen molar-refractivity contribution in [2.45, 2.75) is 13.1 Å². The summed E-state index contributed by atoms with van der Waals surface area (Å²) in [6.07, 6.45) is 1.64. The first-order valence-electron chi connectivity index (χ1n) is 11.4. The molecule has 1 saturated heterocycles. The van der Waals surface area contributed by atoms with Crippen molar-refractivity contribution in [3.63, 3.8) is 0 Å². The van der Waals surface area contributed by atoms with Crippen LogP contribution in [0.1, 0.15) is 5.56 Å². The highest BCUT2D eigenvalue weighted by molar-refractivity contribution is 6.07. The smallest absolute Gasteiger partial charge is 0.291 e. The molecule has 8 nitrogen and oxygen atoms in total. The lowest BCUT2D eigenvalue weighted by Gasteiger charge is -2.26. The van der Waals surface area contributed by atoms with E-state index in [-0.39, 0.29) is 23.8 Å².